The van der Waals surface area contributed by atoms with Crippen molar-refractivity contribution in [2.45, 2.75) is 45.1 Å². The maximum atomic E-state index is 11.0. The van der Waals surface area contributed by atoms with E-state index in [0.717, 1.165) is 35.4 Å². The highest BCUT2D eigenvalue weighted by molar-refractivity contribution is 5.64. The molecule has 0 aromatic heterocycles. The average molecular weight is 497 g/mol. The van der Waals surface area contributed by atoms with E-state index in [1.165, 1.54) is 5.56 Å². The second kappa shape index (κ2) is 12.8. The van der Waals surface area contributed by atoms with Crippen molar-refractivity contribution in [1.29, 1.82) is 0 Å². The fourth-order valence-corrected chi connectivity index (χ4v) is 4.74. The molecule has 0 saturated carbocycles. The number of rotatable bonds is 12. The molecule has 37 heavy (non-hydrogen) atoms. The number of anilines is 2. The SMILES string of the molecule is COc1ccccc1C[C@@H](CCc1ccccc1)N(c1ccc(OCc2ccccc2)c(N)c1)[C@@H](C)O. The van der Waals surface area contributed by atoms with Gasteiger partial charge in [0.2, 0.25) is 0 Å². The molecule has 4 aromatic carbocycles. The fourth-order valence-electron chi connectivity index (χ4n) is 4.74. The Labute approximate surface area is 220 Å². The van der Waals surface area contributed by atoms with Crippen LogP contribution in [-0.4, -0.2) is 24.5 Å². The first kappa shape index (κ1) is 26.1. The van der Waals surface area contributed by atoms with Crippen LogP contribution in [0.25, 0.3) is 0 Å². The number of aryl methyl sites for hydroxylation is 1. The van der Waals surface area contributed by atoms with E-state index >= 15 is 0 Å². The molecule has 0 bridgehead atoms. The van der Waals surface area contributed by atoms with Gasteiger partial charge in [-0.2, -0.15) is 0 Å². The number of nitrogen functional groups attached to an aromatic ring is 1. The highest BCUT2D eigenvalue weighted by Gasteiger charge is 2.25. The average Bonchev–Trinajstić information content (AvgIpc) is 2.92. The van der Waals surface area contributed by atoms with Crippen LogP contribution in [0.3, 0.4) is 0 Å². The monoisotopic (exact) mass is 496 g/mol. The molecule has 5 heteroatoms. The lowest BCUT2D eigenvalue weighted by molar-refractivity contribution is 0.174. The van der Waals surface area contributed by atoms with Gasteiger partial charge in [0.1, 0.15) is 24.3 Å². The van der Waals surface area contributed by atoms with E-state index < -0.39 is 6.23 Å². The molecule has 0 unspecified atom stereocenters. The van der Waals surface area contributed by atoms with Gasteiger partial charge < -0.3 is 25.2 Å². The third kappa shape index (κ3) is 7.05. The second-order valence-corrected chi connectivity index (χ2v) is 9.23. The van der Waals surface area contributed by atoms with Crippen LogP contribution in [0.2, 0.25) is 0 Å². The molecule has 4 aromatic rings. The van der Waals surface area contributed by atoms with Gasteiger partial charge in [-0.3, -0.25) is 0 Å². The lowest BCUT2D eigenvalue weighted by Crippen LogP contribution is -2.43. The van der Waals surface area contributed by atoms with E-state index in [-0.39, 0.29) is 6.04 Å². The Hall–Kier alpha value is -3.96. The quantitative estimate of drug-likeness (QED) is 0.179. The molecule has 0 saturated heterocycles. The number of methoxy groups -OCH3 is 1. The predicted octanol–water partition coefficient (Wildman–Crippen LogP) is 6.25. The number of aliphatic hydroxyl groups excluding tert-OH is 1. The van der Waals surface area contributed by atoms with Gasteiger partial charge in [0.25, 0.3) is 0 Å². The van der Waals surface area contributed by atoms with Crippen LogP contribution in [0.5, 0.6) is 11.5 Å². The van der Waals surface area contributed by atoms with Crippen LogP contribution in [0.15, 0.2) is 103 Å². The zero-order valence-corrected chi connectivity index (χ0v) is 21.6. The first-order valence-corrected chi connectivity index (χ1v) is 12.7. The van der Waals surface area contributed by atoms with Gasteiger partial charge in [-0.25, -0.2) is 0 Å². The Morgan fingerprint density at radius 1 is 0.811 bits per heavy atom. The largest absolute Gasteiger partial charge is 0.496 e. The third-order valence-electron chi connectivity index (χ3n) is 6.58. The number of hydrogen-bond acceptors (Lipinski definition) is 5. The summed E-state index contributed by atoms with van der Waals surface area (Å²) >= 11 is 0. The van der Waals surface area contributed by atoms with Crippen molar-refractivity contribution in [2.24, 2.45) is 0 Å². The van der Waals surface area contributed by atoms with Crippen LogP contribution in [0.1, 0.15) is 30.0 Å². The van der Waals surface area contributed by atoms with E-state index in [0.29, 0.717) is 24.5 Å². The number of hydrogen-bond donors (Lipinski definition) is 2. The van der Waals surface area contributed by atoms with E-state index in [1.807, 2.05) is 77.7 Å². The minimum absolute atomic E-state index is 0.00648. The topological polar surface area (TPSA) is 68.0 Å². The summed E-state index contributed by atoms with van der Waals surface area (Å²) in [5, 5.41) is 11.0. The Morgan fingerprint density at radius 2 is 1.46 bits per heavy atom. The number of para-hydroxylation sites is 1. The Morgan fingerprint density at radius 3 is 2.11 bits per heavy atom. The highest BCUT2D eigenvalue weighted by atomic mass is 16.5. The molecule has 3 N–H and O–H groups in total. The smallest absolute Gasteiger partial charge is 0.142 e. The molecule has 0 amide bonds. The molecule has 0 radical (unpaired) electrons. The van der Waals surface area contributed by atoms with Crippen molar-refractivity contribution >= 4 is 11.4 Å². The summed E-state index contributed by atoms with van der Waals surface area (Å²) in [6.45, 7) is 2.24. The van der Waals surface area contributed by atoms with Gasteiger partial charge in [-0.05, 0) is 67.1 Å². The summed E-state index contributed by atoms with van der Waals surface area (Å²) in [4.78, 5) is 2.05. The van der Waals surface area contributed by atoms with Gasteiger partial charge in [-0.15, -0.1) is 0 Å². The molecule has 0 aliphatic rings. The van der Waals surface area contributed by atoms with Gasteiger partial charge in [0.05, 0.1) is 12.8 Å². The summed E-state index contributed by atoms with van der Waals surface area (Å²) in [5.41, 5.74) is 11.3. The highest BCUT2D eigenvalue weighted by Crippen LogP contribution is 2.32. The Kier molecular flexibility index (Phi) is 9.06. The van der Waals surface area contributed by atoms with E-state index in [9.17, 15) is 5.11 Å². The summed E-state index contributed by atoms with van der Waals surface area (Å²) in [5.74, 6) is 1.48. The van der Waals surface area contributed by atoms with Crippen molar-refractivity contribution < 1.29 is 14.6 Å². The fraction of sp³-hybridized carbons (Fsp3) is 0.250. The van der Waals surface area contributed by atoms with Crippen molar-refractivity contribution in [3.05, 3.63) is 120 Å². The molecular formula is C32H36N2O3. The van der Waals surface area contributed by atoms with Gasteiger partial charge >= 0.3 is 0 Å². The van der Waals surface area contributed by atoms with Crippen LogP contribution >= 0.6 is 0 Å². The van der Waals surface area contributed by atoms with Crippen LogP contribution in [-0.2, 0) is 19.4 Å². The maximum Gasteiger partial charge on any atom is 0.142 e. The van der Waals surface area contributed by atoms with Gasteiger partial charge in [0.15, 0.2) is 0 Å². The molecule has 0 spiro atoms. The molecule has 2 atom stereocenters. The zero-order chi connectivity index (χ0) is 26.0. The lowest BCUT2D eigenvalue weighted by Gasteiger charge is -2.37. The van der Waals surface area contributed by atoms with Crippen LogP contribution in [0.4, 0.5) is 11.4 Å². The number of aliphatic hydroxyl groups is 1. The van der Waals surface area contributed by atoms with Gasteiger partial charge in [0, 0.05) is 11.7 Å². The van der Waals surface area contributed by atoms with E-state index in [1.54, 1.807) is 14.0 Å². The lowest BCUT2D eigenvalue weighted by atomic mass is 9.96. The molecule has 5 nitrogen and oxygen atoms in total. The standard InChI is InChI=1S/C32H36N2O3/c1-24(35)34(29-19-20-32(30(33)22-29)37-23-26-13-7-4-8-14-26)28(18-17-25-11-5-3-6-12-25)21-27-15-9-10-16-31(27)36-2/h3-16,19-20,22,24,28,35H,17-18,21,23,33H2,1-2H3/t24-,28-/m1/s1. The summed E-state index contributed by atoms with van der Waals surface area (Å²) in [7, 11) is 1.69. The summed E-state index contributed by atoms with van der Waals surface area (Å²) < 4.78 is 11.6. The molecule has 0 aliphatic heterocycles. The molecular weight excluding hydrogens is 460 g/mol. The Bertz CT molecular complexity index is 1250. The molecule has 0 aliphatic carbocycles. The first-order valence-electron chi connectivity index (χ1n) is 12.7. The van der Waals surface area contributed by atoms with E-state index in [2.05, 4.69) is 30.3 Å². The number of nitrogens with two attached hydrogens (primary N) is 1. The molecule has 0 fully saturated rings. The summed E-state index contributed by atoms with van der Waals surface area (Å²) in [6.07, 6.45) is 1.73. The summed E-state index contributed by atoms with van der Waals surface area (Å²) in [6, 6.07) is 34.3. The molecule has 192 valence electrons. The predicted molar refractivity (Wildman–Crippen MR) is 151 cm³/mol. The Balaban J connectivity index is 1.59. The van der Waals surface area contributed by atoms with Crippen molar-refractivity contribution in [2.75, 3.05) is 17.7 Å². The van der Waals surface area contributed by atoms with Crippen LogP contribution in [0, 0.1) is 0 Å². The second-order valence-electron chi connectivity index (χ2n) is 9.23. The van der Waals surface area contributed by atoms with Crippen molar-refractivity contribution in [1.82, 2.24) is 0 Å². The molecule has 4 rings (SSSR count). The number of benzene rings is 4. The van der Waals surface area contributed by atoms with Crippen LogP contribution < -0.4 is 20.1 Å². The van der Waals surface area contributed by atoms with Gasteiger partial charge in [-0.1, -0.05) is 78.9 Å². The number of nitrogens with zero attached hydrogens (tertiary/aromatic N) is 1. The third-order valence-corrected chi connectivity index (χ3v) is 6.58. The minimum Gasteiger partial charge on any atom is -0.496 e. The first-order chi connectivity index (χ1) is 18.0. The normalized spacial score (nSPS) is 12.5. The minimum atomic E-state index is -0.717. The van der Waals surface area contributed by atoms with Crippen molar-refractivity contribution in [3.8, 4) is 11.5 Å². The van der Waals surface area contributed by atoms with Crippen molar-refractivity contribution in [3.63, 3.8) is 0 Å². The molecule has 0 heterocycles. The maximum absolute atomic E-state index is 11.0. The number of ether oxygens (including phenoxy) is 2. The zero-order valence-electron chi connectivity index (χ0n) is 21.6. The van der Waals surface area contributed by atoms with E-state index in [4.69, 9.17) is 15.2 Å².